The minimum Gasteiger partial charge on any atom is -0.315 e. The van der Waals surface area contributed by atoms with Crippen LogP contribution in [-0.2, 0) is 21.2 Å². The van der Waals surface area contributed by atoms with E-state index < -0.39 is 15.7 Å². The molecule has 0 radical (unpaired) electrons. The third-order valence-corrected chi connectivity index (χ3v) is 4.59. The number of hydrogen-bond acceptors (Lipinski definition) is 6. The molecule has 3 rings (SSSR count). The van der Waals surface area contributed by atoms with Crippen LogP contribution in [0.4, 0.5) is 4.39 Å². The molecule has 0 saturated heterocycles. The maximum atomic E-state index is 13.1. The standard InChI is InChI=1S/C16H15FN4O4S/c1-25-20-16(22)13-7-12-15(18-8-14(19-12)26(2,23)24)21(13)9-10-3-5-11(17)6-4-10/h3-8H,9H2,1-2H3,(H,20,22). The Balaban J connectivity index is 2.15. The lowest BCUT2D eigenvalue weighted by atomic mass is 10.2. The first kappa shape index (κ1) is 18.0. The maximum Gasteiger partial charge on any atom is 0.291 e. The highest BCUT2D eigenvalue weighted by atomic mass is 32.2. The van der Waals surface area contributed by atoms with E-state index in [1.165, 1.54) is 25.3 Å². The number of halogens is 1. The van der Waals surface area contributed by atoms with Crippen molar-refractivity contribution in [3.8, 4) is 0 Å². The fourth-order valence-corrected chi connectivity index (χ4v) is 2.96. The van der Waals surface area contributed by atoms with Gasteiger partial charge in [0.2, 0.25) is 0 Å². The van der Waals surface area contributed by atoms with Crippen LogP contribution in [0.3, 0.4) is 0 Å². The molecule has 0 aliphatic carbocycles. The molecule has 2 heterocycles. The summed E-state index contributed by atoms with van der Waals surface area (Å²) < 4.78 is 38.0. The highest BCUT2D eigenvalue weighted by molar-refractivity contribution is 7.90. The average Bonchev–Trinajstić information content (AvgIpc) is 2.94. The van der Waals surface area contributed by atoms with Crippen LogP contribution in [0.1, 0.15) is 16.1 Å². The molecule has 26 heavy (non-hydrogen) atoms. The number of carbonyl (C=O) groups excluding carboxylic acids is 1. The van der Waals surface area contributed by atoms with Gasteiger partial charge in [-0.15, -0.1) is 0 Å². The summed E-state index contributed by atoms with van der Waals surface area (Å²) in [6.07, 6.45) is 2.16. The molecule has 0 aliphatic rings. The number of aromatic nitrogens is 3. The van der Waals surface area contributed by atoms with Crippen LogP contribution in [-0.4, -0.2) is 42.2 Å². The number of sulfone groups is 1. The molecule has 0 spiro atoms. The summed E-state index contributed by atoms with van der Waals surface area (Å²) in [5.74, 6) is -0.920. The molecule has 0 bridgehead atoms. The largest absolute Gasteiger partial charge is 0.315 e. The van der Waals surface area contributed by atoms with Gasteiger partial charge in [0.05, 0.1) is 13.3 Å². The van der Waals surface area contributed by atoms with Crippen LogP contribution in [0, 0.1) is 5.82 Å². The molecule has 1 aromatic carbocycles. The highest BCUT2D eigenvalue weighted by Gasteiger charge is 2.20. The minimum atomic E-state index is -3.54. The molecule has 0 aliphatic heterocycles. The molecule has 1 amide bonds. The lowest BCUT2D eigenvalue weighted by Crippen LogP contribution is -2.25. The molecule has 0 atom stereocenters. The van der Waals surface area contributed by atoms with Gasteiger partial charge in [0, 0.05) is 12.8 Å². The van der Waals surface area contributed by atoms with Gasteiger partial charge in [0.1, 0.15) is 17.0 Å². The Morgan fingerprint density at radius 1 is 1.31 bits per heavy atom. The van der Waals surface area contributed by atoms with Crippen molar-refractivity contribution in [1.82, 2.24) is 20.0 Å². The molecule has 0 unspecified atom stereocenters. The molecule has 136 valence electrons. The van der Waals surface area contributed by atoms with Gasteiger partial charge >= 0.3 is 0 Å². The number of fused-ring (bicyclic) bond motifs is 1. The monoisotopic (exact) mass is 378 g/mol. The summed E-state index contributed by atoms with van der Waals surface area (Å²) in [7, 11) is -2.25. The van der Waals surface area contributed by atoms with Crippen molar-refractivity contribution >= 4 is 26.9 Å². The lowest BCUT2D eigenvalue weighted by Gasteiger charge is -2.10. The van der Waals surface area contributed by atoms with E-state index in [2.05, 4.69) is 20.3 Å². The van der Waals surface area contributed by atoms with Crippen molar-refractivity contribution in [3.05, 3.63) is 53.6 Å². The third-order valence-electron chi connectivity index (χ3n) is 3.64. The summed E-state index contributed by atoms with van der Waals surface area (Å²) >= 11 is 0. The Morgan fingerprint density at radius 3 is 2.62 bits per heavy atom. The summed E-state index contributed by atoms with van der Waals surface area (Å²) in [4.78, 5) is 25.1. The van der Waals surface area contributed by atoms with E-state index in [0.717, 1.165) is 18.0 Å². The number of carbonyl (C=O) groups is 1. The van der Waals surface area contributed by atoms with Crippen LogP contribution < -0.4 is 5.48 Å². The minimum absolute atomic E-state index is 0.178. The molecule has 10 heteroatoms. The molecular weight excluding hydrogens is 363 g/mol. The van der Waals surface area contributed by atoms with Crippen LogP contribution in [0.15, 0.2) is 41.6 Å². The smallest absolute Gasteiger partial charge is 0.291 e. The first-order chi connectivity index (χ1) is 12.3. The SMILES string of the molecule is CONC(=O)c1cc2nc(S(C)(=O)=O)cnc2n1Cc1ccc(F)cc1. The van der Waals surface area contributed by atoms with E-state index in [1.807, 2.05) is 0 Å². The Labute approximate surface area is 148 Å². The average molecular weight is 378 g/mol. The number of nitrogens with one attached hydrogen (secondary N) is 1. The summed E-state index contributed by atoms with van der Waals surface area (Å²) in [5.41, 5.74) is 3.68. The highest BCUT2D eigenvalue weighted by Crippen LogP contribution is 2.20. The van der Waals surface area contributed by atoms with Crippen LogP contribution >= 0.6 is 0 Å². The quantitative estimate of drug-likeness (QED) is 0.672. The normalized spacial score (nSPS) is 11.7. The van der Waals surface area contributed by atoms with Crippen molar-refractivity contribution in [2.24, 2.45) is 0 Å². The number of nitrogens with zero attached hydrogens (tertiary/aromatic N) is 3. The third kappa shape index (κ3) is 3.55. The molecule has 0 saturated carbocycles. The van der Waals surface area contributed by atoms with Crippen LogP contribution in [0.2, 0.25) is 0 Å². The van der Waals surface area contributed by atoms with Crippen molar-refractivity contribution < 1.29 is 22.4 Å². The van der Waals surface area contributed by atoms with Gasteiger partial charge in [0.25, 0.3) is 5.91 Å². The van der Waals surface area contributed by atoms with E-state index >= 15 is 0 Å². The number of rotatable bonds is 5. The zero-order valence-corrected chi connectivity index (χ0v) is 14.7. The van der Waals surface area contributed by atoms with Gasteiger partial charge < -0.3 is 4.57 Å². The Hall–Kier alpha value is -2.85. The molecular formula is C16H15FN4O4S. The molecule has 0 fully saturated rings. The van der Waals surface area contributed by atoms with Crippen molar-refractivity contribution in [2.45, 2.75) is 11.6 Å². The van der Waals surface area contributed by atoms with E-state index in [-0.39, 0.29) is 28.6 Å². The van der Waals surface area contributed by atoms with E-state index in [1.54, 1.807) is 16.7 Å². The fourth-order valence-electron chi connectivity index (χ4n) is 2.45. The van der Waals surface area contributed by atoms with Gasteiger partial charge in [0.15, 0.2) is 20.5 Å². The number of amides is 1. The Morgan fingerprint density at radius 2 is 2.00 bits per heavy atom. The Kier molecular flexibility index (Phi) is 4.70. The van der Waals surface area contributed by atoms with Crippen molar-refractivity contribution in [1.29, 1.82) is 0 Å². The van der Waals surface area contributed by atoms with Gasteiger partial charge in [-0.25, -0.2) is 28.3 Å². The zero-order valence-electron chi connectivity index (χ0n) is 13.9. The fraction of sp³-hybridized carbons (Fsp3) is 0.188. The van der Waals surface area contributed by atoms with Gasteiger partial charge in [-0.3, -0.25) is 9.63 Å². The van der Waals surface area contributed by atoms with E-state index in [4.69, 9.17) is 0 Å². The molecule has 8 nitrogen and oxygen atoms in total. The maximum absolute atomic E-state index is 13.1. The second-order valence-corrected chi connectivity index (χ2v) is 7.53. The Bertz CT molecular complexity index is 1080. The van der Waals surface area contributed by atoms with Gasteiger partial charge in [-0.05, 0) is 23.8 Å². The molecule has 2 aromatic heterocycles. The first-order valence-electron chi connectivity index (χ1n) is 7.43. The summed E-state index contributed by atoms with van der Waals surface area (Å²) in [6, 6.07) is 7.20. The van der Waals surface area contributed by atoms with E-state index in [9.17, 15) is 17.6 Å². The molecule has 3 aromatic rings. The first-order valence-corrected chi connectivity index (χ1v) is 9.33. The molecule has 1 N–H and O–H groups in total. The zero-order chi connectivity index (χ0) is 18.9. The summed E-state index contributed by atoms with van der Waals surface area (Å²) in [5, 5.41) is -0.192. The number of hydrogen-bond donors (Lipinski definition) is 1. The van der Waals surface area contributed by atoms with Gasteiger partial charge in [-0.2, -0.15) is 0 Å². The lowest BCUT2D eigenvalue weighted by molar-refractivity contribution is 0.0529. The second-order valence-electron chi connectivity index (χ2n) is 5.57. The predicted octanol–water partition coefficient (Wildman–Crippen LogP) is 1.31. The topological polar surface area (TPSA) is 103 Å². The van der Waals surface area contributed by atoms with E-state index in [0.29, 0.717) is 5.65 Å². The second kappa shape index (κ2) is 6.81. The number of benzene rings is 1. The summed E-state index contributed by atoms with van der Waals surface area (Å²) in [6.45, 7) is 0.211. The van der Waals surface area contributed by atoms with Crippen LogP contribution in [0.5, 0.6) is 0 Å². The number of hydroxylamine groups is 1. The van der Waals surface area contributed by atoms with Crippen molar-refractivity contribution in [2.75, 3.05) is 13.4 Å². The van der Waals surface area contributed by atoms with Gasteiger partial charge in [-0.1, -0.05) is 12.1 Å². The van der Waals surface area contributed by atoms with Crippen LogP contribution in [0.25, 0.3) is 11.2 Å². The predicted molar refractivity (Wildman–Crippen MR) is 90.6 cm³/mol. The van der Waals surface area contributed by atoms with Crippen molar-refractivity contribution in [3.63, 3.8) is 0 Å².